The average Bonchev–Trinajstić information content (AvgIpc) is 3.31. The molecular weight excluding hydrogens is 282 g/mol. The number of carbonyl (C=O) groups is 2. The van der Waals surface area contributed by atoms with E-state index in [2.05, 4.69) is 0 Å². The minimum Gasteiger partial charge on any atom is -0.494 e. The number of hydrogen-bond donors (Lipinski definition) is 1. The van der Waals surface area contributed by atoms with E-state index in [-0.39, 0.29) is 11.9 Å². The first-order valence-corrected chi connectivity index (χ1v) is 7.78. The van der Waals surface area contributed by atoms with Gasteiger partial charge in [-0.15, -0.1) is 0 Å². The van der Waals surface area contributed by atoms with E-state index in [1.54, 1.807) is 6.92 Å². The van der Waals surface area contributed by atoms with Crippen LogP contribution in [0.1, 0.15) is 38.7 Å². The number of carboxylic acids is 1. The Morgan fingerprint density at radius 1 is 1.32 bits per heavy atom. The fourth-order valence-electron chi connectivity index (χ4n) is 2.51. The molecule has 1 N–H and O–H groups in total. The average molecular weight is 305 g/mol. The van der Waals surface area contributed by atoms with Crippen LogP contribution in [-0.4, -0.2) is 40.6 Å². The zero-order valence-corrected chi connectivity index (χ0v) is 13.1. The largest absolute Gasteiger partial charge is 0.494 e. The standard InChI is InChI=1S/C17H23NO4/c1-3-22-15-9-4-13(5-10-15)6-11-16(19)18(14-7-8-14)12(2)17(20)21/h4-5,9-10,12,14H,3,6-8,11H2,1-2H3,(H,20,21). The van der Waals surface area contributed by atoms with Gasteiger partial charge in [0.15, 0.2) is 0 Å². The molecule has 0 heterocycles. The van der Waals surface area contributed by atoms with E-state index in [1.807, 2.05) is 31.2 Å². The highest BCUT2D eigenvalue weighted by Gasteiger charge is 2.37. The van der Waals surface area contributed by atoms with Crippen molar-refractivity contribution in [3.63, 3.8) is 0 Å². The molecule has 1 aliphatic carbocycles. The van der Waals surface area contributed by atoms with Gasteiger partial charge in [-0.05, 0) is 50.8 Å². The fourth-order valence-corrected chi connectivity index (χ4v) is 2.51. The molecule has 1 unspecified atom stereocenters. The Bertz CT molecular complexity index is 522. The Balaban J connectivity index is 1.91. The van der Waals surface area contributed by atoms with Gasteiger partial charge in [0.2, 0.25) is 5.91 Å². The molecule has 0 aromatic heterocycles. The molecule has 22 heavy (non-hydrogen) atoms. The first-order valence-electron chi connectivity index (χ1n) is 7.78. The van der Waals surface area contributed by atoms with Gasteiger partial charge in [-0.2, -0.15) is 0 Å². The van der Waals surface area contributed by atoms with Gasteiger partial charge in [0.05, 0.1) is 6.61 Å². The summed E-state index contributed by atoms with van der Waals surface area (Å²) >= 11 is 0. The molecule has 0 bridgehead atoms. The van der Waals surface area contributed by atoms with Crippen LogP contribution in [0.5, 0.6) is 5.75 Å². The summed E-state index contributed by atoms with van der Waals surface area (Å²) in [6, 6.07) is 7.03. The summed E-state index contributed by atoms with van der Waals surface area (Å²) in [5.41, 5.74) is 1.05. The van der Waals surface area contributed by atoms with Crippen molar-refractivity contribution < 1.29 is 19.4 Å². The predicted octanol–water partition coefficient (Wildman–Crippen LogP) is 2.48. The smallest absolute Gasteiger partial charge is 0.326 e. The number of carboxylic acid groups (broad SMARTS) is 1. The Morgan fingerprint density at radius 2 is 1.95 bits per heavy atom. The van der Waals surface area contributed by atoms with Gasteiger partial charge in [0.25, 0.3) is 0 Å². The lowest BCUT2D eigenvalue weighted by Crippen LogP contribution is -2.44. The van der Waals surface area contributed by atoms with Gasteiger partial charge in [0.1, 0.15) is 11.8 Å². The van der Waals surface area contributed by atoms with Crippen LogP contribution in [0.3, 0.4) is 0 Å². The van der Waals surface area contributed by atoms with Crippen molar-refractivity contribution in [1.29, 1.82) is 0 Å². The SMILES string of the molecule is CCOc1ccc(CCC(=O)N(C2CC2)C(C)C(=O)O)cc1. The molecule has 1 saturated carbocycles. The Kier molecular flexibility index (Phi) is 5.41. The lowest BCUT2D eigenvalue weighted by atomic mass is 10.1. The molecule has 1 aromatic rings. The lowest BCUT2D eigenvalue weighted by molar-refractivity contribution is -0.150. The summed E-state index contributed by atoms with van der Waals surface area (Å²) in [5.74, 6) is -0.204. The van der Waals surface area contributed by atoms with Crippen LogP contribution < -0.4 is 4.74 Å². The molecule has 2 rings (SSSR count). The highest BCUT2D eigenvalue weighted by atomic mass is 16.5. The summed E-state index contributed by atoms with van der Waals surface area (Å²) < 4.78 is 5.38. The predicted molar refractivity (Wildman–Crippen MR) is 82.9 cm³/mol. The summed E-state index contributed by atoms with van der Waals surface area (Å²) in [6.07, 6.45) is 2.77. The van der Waals surface area contributed by atoms with Gasteiger partial charge in [-0.25, -0.2) is 4.79 Å². The Hall–Kier alpha value is -2.04. The monoisotopic (exact) mass is 305 g/mol. The normalized spacial score (nSPS) is 15.2. The maximum absolute atomic E-state index is 12.4. The minimum atomic E-state index is -0.943. The fraction of sp³-hybridized carbons (Fsp3) is 0.529. The number of carbonyl (C=O) groups excluding carboxylic acids is 1. The van der Waals surface area contributed by atoms with Crippen LogP contribution in [0, 0.1) is 0 Å². The van der Waals surface area contributed by atoms with Crippen molar-refractivity contribution >= 4 is 11.9 Å². The number of ether oxygens (including phenoxy) is 1. The highest BCUT2D eigenvalue weighted by Crippen LogP contribution is 2.29. The molecule has 0 saturated heterocycles. The molecule has 1 aliphatic rings. The molecule has 5 nitrogen and oxygen atoms in total. The summed E-state index contributed by atoms with van der Waals surface area (Å²) in [7, 11) is 0. The summed E-state index contributed by atoms with van der Waals surface area (Å²) in [5, 5.41) is 9.14. The lowest BCUT2D eigenvalue weighted by Gasteiger charge is -2.26. The van der Waals surface area contributed by atoms with Crippen LogP contribution in [0.2, 0.25) is 0 Å². The van der Waals surface area contributed by atoms with Crippen molar-refractivity contribution in [2.45, 2.75) is 51.6 Å². The third kappa shape index (κ3) is 4.23. The maximum atomic E-state index is 12.4. The van der Waals surface area contributed by atoms with E-state index in [1.165, 1.54) is 4.90 Å². The second-order valence-electron chi connectivity index (χ2n) is 5.62. The number of aliphatic carboxylic acids is 1. The number of aryl methyl sites for hydroxylation is 1. The van der Waals surface area contributed by atoms with E-state index in [9.17, 15) is 9.59 Å². The van der Waals surface area contributed by atoms with Crippen LogP contribution in [0.25, 0.3) is 0 Å². The van der Waals surface area contributed by atoms with E-state index >= 15 is 0 Å². The molecule has 0 radical (unpaired) electrons. The maximum Gasteiger partial charge on any atom is 0.326 e. The zero-order chi connectivity index (χ0) is 16.1. The molecular formula is C17H23NO4. The van der Waals surface area contributed by atoms with Crippen molar-refractivity contribution in [2.24, 2.45) is 0 Å². The van der Waals surface area contributed by atoms with Crippen LogP contribution >= 0.6 is 0 Å². The van der Waals surface area contributed by atoms with Crippen molar-refractivity contribution in [2.75, 3.05) is 6.61 Å². The van der Waals surface area contributed by atoms with Crippen LogP contribution in [0.4, 0.5) is 0 Å². The minimum absolute atomic E-state index is 0.0775. The number of amides is 1. The Morgan fingerprint density at radius 3 is 2.45 bits per heavy atom. The number of rotatable bonds is 8. The van der Waals surface area contributed by atoms with Crippen LogP contribution in [0.15, 0.2) is 24.3 Å². The topological polar surface area (TPSA) is 66.8 Å². The van der Waals surface area contributed by atoms with Gasteiger partial charge < -0.3 is 14.7 Å². The summed E-state index contributed by atoms with van der Waals surface area (Å²) in [4.78, 5) is 25.0. The Labute approximate surface area is 130 Å². The molecule has 1 atom stereocenters. The molecule has 0 aliphatic heterocycles. The van der Waals surface area contributed by atoms with E-state index in [0.717, 1.165) is 24.2 Å². The van der Waals surface area contributed by atoms with Crippen LogP contribution in [-0.2, 0) is 16.0 Å². The third-order valence-electron chi connectivity index (χ3n) is 3.86. The summed E-state index contributed by atoms with van der Waals surface area (Å²) in [6.45, 7) is 4.14. The number of nitrogens with zero attached hydrogens (tertiary/aromatic N) is 1. The molecule has 5 heteroatoms. The zero-order valence-electron chi connectivity index (χ0n) is 13.1. The number of benzene rings is 1. The van der Waals surface area contributed by atoms with Crippen molar-refractivity contribution in [3.8, 4) is 5.75 Å². The second-order valence-corrected chi connectivity index (χ2v) is 5.62. The van der Waals surface area contributed by atoms with Gasteiger partial charge in [-0.1, -0.05) is 12.1 Å². The van der Waals surface area contributed by atoms with Gasteiger partial charge in [-0.3, -0.25) is 4.79 Å². The number of hydrogen-bond acceptors (Lipinski definition) is 3. The van der Waals surface area contributed by atoms with Crippen molar-refractivity contribution in [3.05, 3.63) is 29.8 Å². The molecule has 120 valence electrons. The van der Waals surface area contributed by atoms with E-state index in [4.69, 9.17) is 9.84 Å². The molecule has 1 fully saturated rings. The molecule has 0 spiro atoms. The van der Waals surface area contributed by atoms with Crippen molar-refractivity contribution in [1.82, 2.24) is 4.90 Å². The molecule has 1 aromatic carbocycles. The van der Waals surface area contributed by atoms with E-state index < -0.39 is 12.0 Å². The third-order valence-corrected chi connectivity index (χ3v) is 3.86. The quantitative estimate of drug-likeness (QED) is 0.801. The van der Waals surface area contributed by atoms with Gasteiger partial charge in [0, 0.05) is 12.5 Å². The highest BCUT2D eigenvalue weighted by molar-refractivity contribution is 5.84. The van der Waals surface area contributed by atoms with Gasteiger partial charge >= 0.3 is 5.97 Å². The second kappa shape index (κ2) is 7.29. The first kappa shape index (κ1) is 16.3. The van der Waals surface area contributed by atoms with E-state index in [0.29, 0.717) is 19.4 Å². The molecule has 1 amide bonds. The first-order chi connectivity index (χ1) is 10.5.